The second-order valence-electron chi connectivity index (χ2n) is 5.24. The van der Waals surface area contributed by atoms with Crippen LogP contribution in [0.2, 0.25) is 0 Å². The molecule has 2 rings (SSSR count). The van der Waals surface area contributed by atoms with Crippen molar-refractivity contribution < 1.29 is 16.8 Å². The maximum atomic E-state index is 12.3. The monoisotopic (exact) mass is 452 g/mol. The molecule has 1 N–H and O–H groups in total. The van der Waals surface area contributed by atoms with Crippen molar-refractivity contribution in [2.24, 2.45) is 0 Å². The van der Waals surface area contributed by atoms with E-state index < -0.39 is 20.0 Å². The number of hydrogen-bond donors (Lipinski definition) is 1. The van der Waals surface area contributed by atoms with E-state index in [1.165, 1.54) is 26.2 Å². The SMILES string of the molecule is Cc1cc(S(=O)(=O)NCc2ccc(S(=O)(=O)N(C)C)s2)ccc1Br. The van der Waals surface area contributed by atoms with Gasteiger partial charge in [0.15, 0.2) is 0 Å². The molecule has 132 valence electrons. The topological polar surface area (TPSA) is 83.5 Å². The first kappa shape index (κ1) is 19.5. The van der Waals surface area contributed by atoms with E-state index in [9.17, 15) is 16.8 Å². The summed E-state index contributed by atoms with van der Waals surface area (Å²) in [5.74, 6) is 0. The van der Waals surface area contributed by atoms with Gasteiger partial charge in [0.25, 0.3) is 10.0 Å². The van der Waals surface area contributed by atoms with E-state index >= 15 is 0 Å². The molecule has 0 aliphatic carbocycles. The molecular weight excluding hydrogens is 436 g/mol. The molecule has 24 heavy (non-hydrogen) atoms. The molecule has 0 fully saturated rings. The van der Waals surface area contributed by atoms with Gasteiger partial charge in [-0.3, -0.25) is 0 Å². The van der Waals surface area contributed by atoms with Crippen molar-refractivity contribution in [1.82, 2.24) is 9.03 Å². The van der Waals surface area contributed by atoms with Crippen molar-refractivity contribution in [3.05, 3.63) is 45.2 Å². The molecule has 0 saturated heterocycles. The summed E-state index contributed by atoms with van der Waals surface area (Å²) in [6.07, 6.45) is 0. The number of aryl methyl sites for hydroxylation is 1. The molecular formula is C14H17BrN2O4S3. The Morgan fingerprint density at radius 2 is 1.79 bits per heavy atom. The van der Waals surface area contributed by atoms with Gasteiger partial charge in [0.1, 0.15) is 4.21 Å². The molecule has 6 nitrogen and oxygen atoms in total. The Bertz CT molecular complexity index is 950. The molecule has 1 aromatic heterocycles. The van der Waals surface area contributed by atoms with E-state index in [0.29, 0.717) is 4.88 Å². The lowest BCUT2D eigenvalue weighted by atomic mass is 10.2. The molecule has 0 bridgehead atoms. The zero-order chi connectivity index (χ0) is 18.1. The molecule has 0 amide bonds. The van der Waals surface area contributed by atoms with Crippen LogP contribution in [0.5, 0.6) is 0 Å². The van der Waals surface area contributed by atoms with Gasteiger partial charge in [-0.15, -0.1) is 11.3 Å². The van der Waals surface area contributed by atoms with Gasteiger partial charge in [-0.05, 0) is 42.8 Å². The maximum absolute atomic E-state index is 12.3. The van der Waals surface area contributed by atoms with Crippen LogP contribution in [0.3, 0.4) is 0 Å². The highest BCUT2D eigenvalue weighted by molar-refractivity contribution is 9.10. The van der Waals surface area contributed by atoms with Crippen molar-refractivity contribution in [2.45, 2.75) is 22.6 Å². The molecule has 0 aliphatic heterocycles. The zero-order valence-electron chi connectivity index (χ0n) is 13.3. The van der Waals surface area contributed by atoms with Gasteiger partial charge < -0.3 is 0 Å². The average Bonchev–Trinajstić information content (AvgIpc) is 2.97. The Labute approximate surface area is 154 Å². The summed E-state index contributed by atoms with van der Waals surface area (Å²) in [6, 6.07) is 7.85. The summed E-state index contributed by atoms with van der Waals surface area (Å²) in [4.78, 5) is 0.786. The first-order chi connectivity index (χ1) is 11.0. The smallest absolute Gasteiger partial charge is 0.207 e. The fourth-order valence-corrected chi connectivity index (χ4v) is 5.70. The van der Waals surface area contributed by atoms with Gasteiger partial charge in [0, 0.05) is 30.0 Å². The average molecular weight is 453 g/mol. The van der Waals surface area contributed by atoms with Gasteiger partial charge in [-0.1, -0.05) is 15.9 Å². The number of thiophene rings is 1. The normalized spacial score (nSPS) is 12.7. The molecule has 0 saturated carbocycles. The Morgan fingerprint density at radius 3 is 2.38 bits per heavy atom. The van der Waals surface area contributed by atoms with Crippen LogP contribution in [-0.2, 0) is 26.6 Å². The van der Waals surface area contributed by atoms with E-state index in [2.05, 4.69) is 20.7 Å². The molecule has 2 aromatic rings. The Morgan fingerprint density at radius 1 is 1.12 bits per heavy atom. The first-order valence-corrected chi connectivity index (χ1v) is 11.3. The lowest BCUT2D eigenvalue weighted by Crippen LogP contribution is -2.23. The van der Waals surface area contributed by atoms with Gasteiger partial charge >= 0.3 is 0 Å². The minimum atomic E-state index is -3.66. The van der Waals surface area contributed by atoms with Crippen LogP contribution in [0.4, 0.5) is 0 Å². The zero-order valence-corrected chi connectivity index (χ0v) is 17.3. The van der Waals surface area contributed by atoms with Crippen molar-refractivity contribution in [3.8, 4) is 0 Å². The Balaban J connectivity index is 2.16. The van der Waals surface area contributed by atoms with Crippen molar-refractivity contribution in [1.29, 1.82) is 0 Å². The number of halogens is 1. The summed E-state index contributed by atoms with van der Waals surface area (Å²) < 4.78 is 53.4. The van der Waals surface area contributed by atoms with Crippen LogP contribution in [0.15, 0.2) is 43.9 Å². The van der Waals surface area contributed by atoms with Crippen LogP contribution in [-0.4, -0.2) is 35.2 Å². The largest absolute Gasteiger partial charge is 0.252 e. The summed E-state index contributed by atoms with van der Waals surface area (Å²) in [5, 5.41) is 0. The summed E-state index contributed by atoms with van der Waals surface area (Å²) in [7, 11) is -4.26. The van der Waals surface area contributed by atoms with Crippen molar-refractivity contribution in [3.63, 3.8) is 0 Å². The summed E-state index contributed by atoms with van der Waals surface area (Å²) in [5.41, 5.74) is 0.813. The number of nitrogens with zero attached hydrogens (tertiary/aromatic N) is 1. The third-order valence-electron chi connectivity index (χ3n) is 3.25. The summed E-state index contributed by atoms with van der Waals surface area (Å²) in [6.45, 7) is 1.84. The predicted molar refractivity (Wildman–Crippen MR) is 98.1 cm³/mol. The highest BCUT2D eigenvalue weighted by atomic mass is 79.9. The van der Waals surface area contributed by atoms with Gasteiger partial charge in [-0.2, -0.15) is 0 Å². The maximum Gasteiger partial charge on any atom is 0.252 e. The van der Waals surface area contributed by atoms with Crippen molar-refractivity contribution in [2.75, 3.05) is 14.1 Å². The van der Waals surface area contributed by atoms with E-state index in [-0.39, 0.29) is 15.6 Å². The van der Waals surface area contributed by atoms with Crippen LogP contribution in [0.1, 0.15) is 10.4 Å². The fourth-order valence-electron chi connectivity index (χ4n) is 1.81. The number of benzene rings is 1. The first-order valence-electron chi connectivity index (χ1n) is 6.81. The van der Waals surface area contributed by atoms with Gasteiger partial charge in [-0.25, -0.2) is 25.9 Å². The lowest BCUT2D eigenvalue weighted by Gasteiger charge is -2.09. The standard InChI is InChI=1S/C14H17BrN2O4S3/c1-10-8-12(5-6-13(10)15)23(18,19)16-9-11-4-7-14(22-11)24(20,21)17(2)3/h4-8,16H,9H2,1-3H3. The fraction of sp³-hybridized carbons (Fsp3) is 0.286. The second-order valence-corrected chi connectivity index (χ2v) is 11.4. The number of rotatable bonds is 6. The lowest BCUT2D eigenvalue weighted by molar-refractivity contribution is 0.523. The molecule has 0 unspecified atom stereocenters. The predicted octanol–water partition coefficient (Wildman–Crippen LogP) is 2.55. The van der Waals surface area contributed by atoms with Gasteiger partial charge in [0.2, 0.25) is 10.0 Å². The number of hydrogen-bond acceptors (Lipinski definition) is 5. The minimum Gasteiger partial charge on any atom is -0.207 e. The van der Waals surface area contributed by atoms with Crippen molar-refractivity contribution >= 4 is 47.3 Å². The second kappa shape index (κ2) is 7.22. The molecule has 1 aromatic carbocycles. The third-order valence-corrected chi connectivity index (χ3v) is 8.90. The highest BCUT2D eigenvalue weighted by Crippen LogP contribution is 2.24. The molecule has 0 aliphatic rings. The molecule has 0 radical (unpaired) electrons. The quantitative estimate of drug-likeness (QED) is 0.729. The van der Waals surface area contributed by atoms with Crippen LogP contribution >= 0.6 is 27.3 Å². The molecule has 10 heteroatoms. The van der Waals surface area contributed by atoms with Crippen LogP contribution < -0.4 is 4.72 Å². The van der Waals surface area contributed by atoms with Gasteiger partial charge in [0.05, 0.1) is 4.90 Å². The van der Waals surface area contributed by atoms with E-state index in [1.54, 1.807) is 25.1 Å². The number of nitrogens with one attached hydrogen (secondary N) is 1. The molecule has 0 atom stereocenters. The highest BCUT2D eigenvalue weighted by Gasteiger charge is 2.20. The van der Waals surface area contributed by atoms with E-state index in [4.69, 9.17) is 0 Å². The summed E-state index contributed by atoms with van der Waals surface area (Å²) >= 11 is 4.38. The Kier molecular flexibility index (Phi) is 5.88. The van der Waals surface area contributed by atoms with Crippen LogP contribution in [0.25, 0.3) is 0 Å². The number of sulfonamides is 2. The third kappa shape index (κ3) is 4.24. The molecule has 0 spiro atoms. The molecule has 1 heterocycles. The van der Waals surface area contributed by atoms with E-state index in [1.807, 2.05) is 0 Å². The van der Waals surface area contributed by atoms with Crippen LogP contribution in [0, 0.1) is 6.92 Å². The minimum absolute atomic E-state index is 0.0328. The Hall–Kier alpha value is -0.780. The van der Waals surface area contributed by atoms with E-state index in [0.717, 1.165) is 25.7 Å².